The van der Waals surface area contributed by atoms with E-state index in [-0.39, 0.29) is 35.8 Å². The number of hydrogen-bond acceptors (Lipinski definition) is 3. The first-order valence-corrected chi connectivity index (χ1v) is 10.1. The van der Waals surface area contributed by atoms with Gasteiger partial charge in [-0.3, -0.25) is 9.79 Å². The number of aliphatic imine (C=N–C) groups is 1. The van der Waals surface area contributed by atoms with E-state index in [2.05, 4.69) is 29.0 Å². The lowest BCUT2D eigenvalue weighted by molar-refractivity contribution is -0.123. The van der Waals surface area contributed by atoms with Crippen molar-refractivity contribution >= 4 is 35.8 Å². The van der Waals surface area contributed by atoms with Crippen molar-refractivity contribution in [3.63, 3.8) is 0 Å². The standard InChI is InChI=1S/C19H37N5O.HI/c1-3-21-19(24-14-6-16(2)7-15-24)22-10-4-5-11-23-12-8-17(9-13-23)18(20)25;/h16-17H,3-15H2,1-2H3,(H2,20,25)(H,21,22);1H. The third kappa shape index (κ3) is 7.98. The summed E-state index contributed by atoms with van der Waals surface area (Å²) in [4.78, 5) is 20.9. The van der Waals surface area contributed by atoms with Crippen LogP contribution >= 0.6 is 24.0 Å². The van der Waals surface area contributed by atoms with Crippen LogP contribution < -0.4 is 11.1 Å². The number of carbonyl (C=O) groups is 1. The highest BCUT2D eigenvalue weighted by atomic mass is 127. The molecule has 2 saturated heterocycles. The third-order valence-electron chi connectivity index (χ3n) is 5.55. The smallest absolute Gasteiger partial charge is 0.220 e. The van der Waals surface area contributed by atoms with E-state index in [1.807, 2.05) is 0 Å². The summed E-state index contributed by atoms with van der Waals surface area (Å²) in [6.07, 6.45) is 6.67. The molecule has 0 unspecified atom stereocenters. The van der Waals surface area contributed by atoms with Gasteiger partial charge in [0, 0.05) is 32.1 Å². The lowest BCUT2D eigenvalue weighted by Gasteiger charge is -2.33. The first-order valence-electron chi connectivity index (χ1n) is 10.1. The Morgan fingerprint density at radius 2 is 1.77 bits per heavy atom. The maximum absolute atomic E-state index is 11.2. The quantitative estimate of drug-likeness (QED) is 0.254. The van der Waals surface area contributed by atoms with E-state index in [1.165, 1.54) is 19.3 Å². The molecule has 152 valence electrons. The Bertz CT molecular complexity index is 430. The summed E-state index contributed by atoms with van der Waals surface area (Å²) in [5, 5.41) is 3.44. The van der Waals surface area contributed by atoms with Crippen LogP contribution in [0.1, 0.15) is 52.4 Å². The van der Waals surface area contributed by atoms with E-state index in [1.54, 1.807) is 0 Å². The van der Waals surface area contributed by atoms with Gasteiger partial charge >= 0.3 is 0 Å². The lowest BCUT2D eigenvalue weighted by atomic mass is 9.96. The molecule has 3 N–H and O–H groups in total. The van der Waals surface area contributed by atoms with E-state index >= 15 is 0 Å². The molecule has 0 aromatic heterocycles. The van der Waals surface area contributed by atoms with Crippen LogP contribution in [-0.4, -0.2) is 67.5 Å². The molecule has 1 amide bonds. The average molecular weight is 479 g/mol. The first-order chi connectivity index (χ1) is 12.1. The van der Waals surface area contributed by atoms with Crippen molar-refractivity contribution in [3.05, 3.63) is 0 Å². The van der Waals surface area contributed by atoms with Gasteiger partial charge in [-0.2, -0.15) is 0 Å². The Labute approximate surface area is 176 Å². The van der Waals surface area contributed by atoms with E-state index < -0.39 is 0 Å². The SMILES string of the molecule is CCNC(=NCCCCN1CCC(C(N)=O)CC1)N1CCC(C)CC1.I. The summed E-state index contributed by atoms with van der Waals surface area (Å²) in [7, 11) is 0. The Balaban J connectivity index is 0.00000338. The second kappa shape index (κ2) is 12.8. The van der Waals surface area contributed by atoms with Crippen LogP contribution in [0.15, 0.2) is 4.99 Å². The van der Waals surface area contributed by atoms with Gasteiger partial charge in [0.1, 0.15) is 0 Å². The first kappa shape index (κ1) is 23.5. The number of nitrogens with one attached hydrogen (secondary N) is 1. The third-order valence-corrected chi connectivity index (χ3v) is 5.55. The van der Waals surface area contributed by atoms with Crippen molar-refractivity contribution in [2.24, 2.45) is 22.6 Å². The molecule has 2 rings (SSSR count). The summed E-state index contributed by atoms with van der Waals surface area (Å²) < 4.78 is 0. The van der Waals surface area contributed by atoms with Gasteiger partial charge in [0.15, 0.2) is 5.96 Å². The molecular weight excluding hydrogens is 441 g/mol. The number of nitrogens with zero attached hydrogens (tertiary/aromatic N) is 3. The van der Waals surface area contributed by atoms with Gasteiger partial charge in [-0.25, -0.2) is 0 Å². The minimum Gasteiger partial charge on any atom is -0.369 e. The van der Waals surface area contributed by atoms with Gasteiger partial charge in [0.2, 0.25) is 5.91 Å². The number of piperidine rings is 2. The van der Waals surface area contributed by atoms with Crippen molar-refractivity contribution in [2.75, 3.05) is 45.8 Å². The molecule has 2 heterocycles. The van der Waals surface area contributed by atoms with Crippen LogP contribution in [0.25, 0.3) is 0 Å². The molecule has 0 saturated carbocycles. The minimum absolute atomic E-state index is 0. The van der Waals surface area contributed by atoms with Gasteiger partial charge in [0.05, 0.1) is 0 Å². The van der Waals surface area contributed by atoms with Crippen molar-refractivity contribution in [1.82, 2.24) is 15.1 Å². The largest absolute Gasteiger partial charge is 0.369 e. The van der Waals surface area contributed by atoms with Crippen LogP contribution in [-0.2, 0) is 4.79 Å². The average Bonchev–Trinajstić information content (AvgIpc) is 2.61. The Hall–Kier alpha value is -0.570. The molecule has 2 fully saturated rings. The number of likely N-dealkylation sites (tertiary alicyclic amines) is 2. The summed E-state index contributed by atoms with van der Waals surface area (Å²) in [6.45, 7) is 11.7. The van der Waals surface area contributed by atoms with E-state index in [9.17, 15) is 4.79 Å². The van der Waals surface area contributed by atoms with Crippen molar-refractivity contribution < 1.29 is 4.79 Å². The molecule has 0 aromatic carbocycles. The fourth-order valence-corrected chi connectivity index (χ4v) is 3.72. The molecule has 0 aliphatic carbocycles. The summed E-state index contributed by atoms with van der Waals surface area (Å²) in [5.74, 6) is 1.90. The predicted octanol–water partition coefficient (Wildman–Crippen LogP) is 2.28. The molecule has 2 aliphatic heterocycles. The number of amides is 1. The molecule has 0 bridgehead atoms. The molecule has 0 spiro atoms. The second-order valence-electron chi connectivity index (χ2n) is 7.63. The van der Waals surface area contributed by atoms with Gasteiger partial charge in [-0.05, 0) is 71.0 Å². The van der Waals surface area contributed by atoms with Crippen LogP contribution in [0.5, 0.6) is 0 Å². The highest BCUT2D eigenvalue weighted by molar-refractivity contribution is 14.0. The number of nitrogens with two attached hydrogens (primary N) is 1. The number of unbranched alkanes of at least 4 members (excludes halogenated alkanes) is 1. The fourth-order valence-electron chi connectivity index (χ4n) is 3.72. The normalized spacial score (nSPS) is 20.7. The highest BCUT2D eigenvalue weighted by Gasteiger charge is 2.22. The van der Waals surface area contributed by atoms with Crippen LogP contribution in [0.4, 0.5) is 0 Å². The lowest BCUT2D eigenvalue weighted by Crippen LogP contribution is -2.45. The van der Waals surface area contributed by atoms with E-state index in [0.717, 1.165) is 77.0 Å². The Kier molecular flexibility index (Phi) is 11.5. The van der Waals surface area contributed by atoms with Crippen LogP contribution in [0.3, 0.4) is 0 Å². The van der Waals surface area contributed by atoms with Gasteiger partial charge < -0.3 is 20.9 Å². The number of halogens is 1. The van der Waals surface area contributed by atoms with Crippen LogP contribution in [0, 0.1) is 11.8 Å². The van der Waals surface area contributed by atoms with Crippen molar-refractivity contribution in [2.45, 2.75) is 52.4 Å². The van der Waals surface area contributed by atoms with Gasteiger partial charge in [-0.15, -0.1) is 24.0 Å². The molecule has 2 aliphatic rings. The molecule has 0 aromatic rings. The number of hydrogen-bond donors (Lipinski definition) is 2. The zero-order valence-corrected chi connectivity index (χ0v) is 18.9. The Morgan fingerprint density at radius 1 is 1.12 bits per heavy atom. The number of guanidine groups is 1. The topological polar surface area (TPSA) is 74.0 Å². The molecule has 0 atom stereocenters. The summed E-state index contributed by atoms with van der Waals surface area (Å²) >= 11 is 0. The van der Waals surface area contributed by atoms with E-state index in [0.29, 0.717) is 0 Å². The number of rotatable bonds is 7. The maximum Gasteiger partial charge on any atom is 0.220 e. The molecule has 26 heavy (non-hydrogen) atoms. The number of carbonyl (C=O) groups excluding carboxylic acids is 1. The molecule has 0 radical (unpaired) electrons. The zero-order valence-electron chi connectivity index (χ0n) is 16.6. The zero-order chi connectivity index (χ0) is 18.1. The summed E-state index contributed by atoms with van der Waals surface area (Å²) in [6, 6.07) is 0. The highest BCUT2D eigenvalue weighted by Crippen LogP contribution is 2.17. The monoisotopic (exact) mass is 479 g/mol. The predicted molar refractivity (Wildman–Crippen MR) is 119 cm³/mol. The molecule has 6 nitrogen and oxygen atoms in total. The fraction of sp³-hybridized carbons (Fsp3) is 0.895. The number of primary amides is 1. The maximum atomic E-state index is 11.2. The molecular formula is C19H38IN5O. The second-order valence-corrected chi connectivity index (χ2v) is 7.63. The van der Waals surface area contributed by atoms with Crippen molar-refractivity contribution in [1.29, 1.82) is 0 Å². The summed E-state index contributed by atoms with van der Waals surface area (Å²) in [5.41, 5.74) is 5.39. The minimum atomic E-state index is -0.128. The van der Waals surface area contributed by atoms with Gasteiger partial charge in [0.25, 0.3) is 0 Å². The van der Waals surface area contributed by atoms with Crippen LogP contribution in [0.2, 0.25) is 0 Å². The molecule has 7 heteroatoms. The van der Waals surface area contributed by atoms with E-state index in [4.69, 9.17) is 10.7 Å². The Morgan fingerprint density at radius 3 is 2.35 bits per heavy atom. The van der Waals surface area contributed by atoms with Gasteiger partial charge in [-0.1, -0.05) is 6.92 Å². The van der Waals surface area contributed by atoms with Crippen molar-refractivity contribution in [3.8, 4) is 0 Å².